The molecule has 0 saturated carbocycles. The molecule has 0 aromatic carbocycles. The van der Waals surface area contributed by atoms with E-state index < -0.39 is 5.76 Å². The van der Waals surface area contributed by atoms with Crippen LogP contribution in [0.15, 0.2) is 9.32 Å². The van der Waals surface area contributed by atoms with Crippen molar-refractivity contribution in [2.24, 2.45) is 0 Å². The number of rotatable bonds is 4. The molecule has 2 aromatic heterocycles. The summed E-state index contributed by atoms with van der Waals surface area (Å²) in [6.45, 7) is 0.535. The molecule has 0 amide bonds. The highest BCUT2D eigenvalue weighted by Crippen LogP contribution is 2.17. The lowest BCUT2D eigenvalue weighted by Gasteiger charge is -1.99. The Morgan fingerprint density at radius 2 is 2.40 bits per heavy atom. The molecule has 0 radical (unpaired) electrons. The van der Waals surface area contributed by atoms with Gasteiger partial charge in [-0.05, 0) is 0 Å². The molecule has 9 heteroatoms. The van der Waals surface area contributed by atoms with Crippen LogP contribution in [0.5, 0.6) is 0 Å². The van der Waals surface area contributed by atoms with E-state index in [-0.39, 0.29) is 0 Å². The summed E-state index contributed by atoms with van der Waals surface area (Å²) in [5, 5.41) is 6.80. The molecule has 0 aliphatic carbocycles. The van der Waals surface area contributed by atoms with Gasteiger partial charge in [0, 0.05) is 13.0 Å². The summed E-state index contributed by atoms with van der Waals surface area (Å²) in [5.74, 6) is 0.456. The third kappa shape index (κ3) is 2.54. The predicted octanol–water partition coefficient (Wildman–Crippen LogP) is 0.522. The van der Waals surface area contributed by atoms with E-state index in [2.05, 4.69) is 28.7 Å². The predicted molar refractivity (Wildman–Crippen MR) is 54.2 cm³/mol. The van der Waals surface area contributed by atoms with Crippen LogP contribution in [-0.2, 0) is 6.42 Å². The fourth-order valence-corrected chi connectivity index (χ4v) is 1.63. The molecule has 0 unspecified atom stereocenters. The molecule has 0 spiro atoms. The van der Waals surface area contributed by atoms with E-state index in [1.807, 2.05) is 0 Å². The molecule has 0 aliphatic rings. The minimum Gasteiger partial charge on any atom is -0.366 e. The molecule has 0 bridgehead atoms. The Labute approximate surface area is 92.8 Å². The van der Waals surface area contributed by atoms with Crippen molar-refractivity contribution in [2.45, 2.75) is 6.42 Å². The third-order valence-corrected chi connectivity index (χ3v) is 2.48. The maximum Gasteiger partial charge on any atom is 0.438 e. The molecule has 0 aliphatic heterocycles. The molecule has 0 atom stereocenters. The average molecular weight is 248 g/mol. The van der Waals surface area contributed by atoms with Gasteiger partial charge in [0.1, 0.15) is 0 Å². The quantitative estimate of drug-likeness (QED) is 0.818. The van der Waals surface area contributed by atoms with Crippen LogP contribution < -0.4 is 11.1 Å². The van der Waals surface area contributed by atoms with Gasteiger partial charge in [0.15, 0.2) is 16.8 Å². The molecule has 0 fully saturated rings. The number of nitrogens with zero attached hydrogens (tertiary/aromatic N) is 3. The van der Waals surface area contributed by atoms with E-state index >= 15 is 0 Å². The molecule has 2 rings (SSSR count). The molecular formula is C6H6ClN5O2S. The van der Waals surface area contributed by atoms with Gasteiger partial charge in [-0.3, -0.25) is 9.51 Å². The first kappa shape index (κ1) is 10.1. The van der Waals surface area contributed by atoms with E-state index in [0.29, 0.717) is 29.8 Å². The lowest BCUT2D eigenvalue weighted by molar-refractivity contribution is 0.381. The molecule has 2 aromatic rings. The van der Waals surface area contributed by atoms with Crippen LogP contribution in [-0.4, -0.2) is 25.4 Å². The fourth-order valence-electron chi connectivity index (χ4n) is 0.951. The van der Waals surface area contributed by atoms with Crippen LogP contribution in [0, 0.1) is 0 Å². The average Bonchev–Trinajstić information content (AvgIpc) is 2.77. The van der Waals surface area contributed by atoms with E-state index in [1.165, 1.54) is 0 Å². The van der Waals surface area contributed by atoms with Crippen molar-refractivity contribution < 1.29 is 4.52 Å². The Balaban J connectivity index is 1.85. The summed E-state index contributed by atoms with van der Waals surface area (Å²) in [5.41, 5.74) is 0. The van der Waals surface area contributed by atoms with Gasteiger partial charge in [0.05, 0.1) is 11.7 Å². The molecule has 80 valence electrons. The number of H-pyrrole nitrogens is 1. The summed E-state index contributed by atoms with van der Waals surface area (Å²) in [4.78, 5) is 13.0. The summed E-state index contributed by atoms with van der Waals surface area (Å²) >= 11 is 6.74. The Bertz CT molecular complexity index is 491. The molecule has 2 N–H and O–H groups in total. The smallest absolute Gasteiger partial charge is 0.366 e. The number of halogens is 1. The zero-order valence-corrected chi connectivity index (χ0v) is 8.93. The van der Waals surface area contributed by atoms with Crippen LogP contribution >= 0.6 is 23.3 Å². The van der Waals surface area contributed by atoms with Crippen LogP contribution in [0.2, 0.25) is 5.15 Å². The first-order valence-corrected chi connectivity index (χ1v) is 5.13. The topological polar surface area (TPSA) is 96.7 Å². The summed E-state index contributed by atoms with van der Waals surface area (Å²) in [6.07, 6.45) is 0.513. The Hall–Kier alpha value is -1.41. The van der Waals surface area contributed by atoms with Gasteiger partial charge in [-0.1, -0.05) is 16.8 Å². The number of hydrogen-bond donors (Lipinski definition) is 2. The molecule has 15 heavy (non-hydrogen) atoms. The van der Waals surface area contributed by atoms with E-state index in [4.69, 9.17) is 11.6 Å². The third-order valence-electron chi connectivity index (χ3n) is 1.59. The van der Waals surface area contributed by atoms with E-state index in [1.54, 1.807) is 0 Å². The van der Waals surface area contributed by atoms with Crippen LogP contribution in [0.25, 0.3) is 0 Å². The van der Waals surface area contributed by atoms with Crippen LogP contribution in [0.1, 0.15) is 5.82 Å². The fraction of sp³-hybridized carbons (Fsp3) is 0.333. The highest BCUT2D eigenvalue weighted by molar-refractivity contribution is 6.99. The van der Waals surface area contributed by atoms with Gasteiger partial charge in [0.25, 0.3) is 0 Å². The first-order valence-electron chi connectivity index (χ1n) is 4.02. The number of nitrogens with one attached hydrogen (secondary N) is 2. The van der Waals surface area contributed by atoms with Gasteiger partial charge in [-0.2, -0.15) is 8.75 Å². The van der Waals surface area contributed by atoms with Gasteiger partial charge in [0.2, 0.25) is 0 Å². The second-order valence-corrected chi connectivity index (χ2v) is 3.51. The maximum atomic E-state index is 10.6. The number of anilines is 1. The van der Waals surface area contributed by atoms with Crippen molar-refractivity contribution in [3.05, 3.63) is 21.5 Å². The van der Waals surface area contributed by atoms with Crippen molar-refractivity contribution >= 4 is 29.1 Å². The summed E-state index contributed by atoms with van der Waals surface area (Å²) < 4.78 is 12.0. The molecule has 7 nitrogen and oxygen atoms in total. The minimum absolute atomic E-state index is 0.341. The van der Waals surface area contributed by atoms with Crippen LogP contribution in [0.3, 0.4) is 0 Å². The Morgan fingerprint density at radius 1 is 1.53 bits per heavy atom. The normalized spacial score (nSPS) is 10.5. The van der Waals surface area contributed by atoms with Crippen molar-refractivity contribution in [3.8, 4) is 0 Å². The number of hydrogen-bond acceptors (Lipinski definition) is 7. The van der Waals surface area contributed by atoms with Crippen molar-refractivity contribution in [1.82, 2.24) is 18.9 Å². The highest BCUT2D eigenvalue weighted by atomic mass is 35.5. The van der Waals surface area contributed by atoms with Gasteiger partial charge in [-0.15, -0.1) is 0 Å². The largest absolute Gasteiger partial charge is 0.438 e. The zero-order valence-electron chi connectivity index (χ0n) is 7.36. The zero-order chi connectivity index (χ0) is 10.7. The first-order chi connectivity index (χ1) is 7.25. The summed E-state index contributed by atoms with van der Waals surface area (Å²) in [7, 11) is 0. The number of aromatic nitrogens is 4. The molecule has 0 saturated heterocycles. The Morgan fingerprint density at radius 3 is 3.00 bits per heavy atom. The SMILES string of the molecule is O=c1[nH]c(CCNc2nsnc2Cl)no1. The summed E-state index contributed by atoms with van der Waals surface area (Å²) in [6, 6.07) is 0. The van der Waals surface area contributed by atoms with E-state index in [9.17, 15) is 4.79 Å². The van der Waals surface area contributed by atoms with Gasteiger partial charge >= 0.3 is 5.76 Å². The minimum atomic E-state index is -0.557. The Kier molecular flexibility index (Phi) is 2.97. The highest BCUT2D eigenvalue weighted by Gasteiger charge is 2.05. The lowest BCUT2D eigenvalue weighted by atomic mass is 10.4. The van der Waals surface area contributed by atoms with Gasteiger partial charge in [-0.25, -0.2) is 4.79 Å². The maximum absolute atomic E-state index is 10.6. The van der Waals surface area contributed by atoms with Crippen molar-refractivity contribution in [2.75, 3.05) is 11.9 Å². The molecular weight excluding hydrogens is 242 g/mol. The van der Waals surface area contributed by atoms with E-state index in [0.717, 1.165) is 11.7 Å². The monoisotopic (exact) mass is 247 g/mol. The standard InChI is InChI=1S/C6H6ClN5O2S/c7-4-5(12-15-11-4)8-2-1-3-9-6(13)14-10-3/h1-2H2,(H,8,12)(H,9,10,13). The second kappa shape index (κ2) is 4.41. The van der Waals surface area contributed by atoms with Gasteiger partial charge < -0.3 is 5.32 Å². The lowest BCUT2D eigenvalue weighted by Crippen LogP contribution is -2.07. The van der Waals surface area contributed by atoms with Crippen molar-refractivity contribution in [1.29, 1.82) is 0 Å². The second-order valence-electron chi connectivity index (χ2n) is 2.62. The van der Waals surface area contributed by atoms with Crippen LogP contribution in [0.4, 0.5) is 5.82 Å². The van der Waals surface area contributed by atoms with Crippen molar-refractivity contribution in [3.63, 3.8) is 0 Å². The molecule has 2 heterocycles. The number of aromatic amines is 1.